The van der Waals surface area contributed by atoms with Crippen LogP contribution in [0.15, 0.2) is 11.3 Å². The van der Waals surface area contributed by atoms with Gasteiger partial charge in [-0.2, -0.15) is 5.10 Å². The van der Waals surface area contributed by atoms with Gasteiger partial charge in [-0.25, -0.2) is 4.98 Å². The van der Waals surface area contributed by atoms with Gasteiger partial charge in [-0.3, -0.25) is 4.79 Å². The number of rotatable bonds is 7. The summed E-state index contributed by atoms with van der Waals surface area (Å²) in [4.78, 5) is 16.8. The first-order valence-electron chi connectivity index (χ1n) is 6.47. The van der Waals surface area contributed by atoms with Crippen LogP contribution in [-0.4, -0.2) is 35.7 Å². The number of anilines is 1. The van der Waals surface area contributed by atoms with E-state index in [2.05, 4.69) is 15.4 Å². The Morgan fingerprint density at radius 1 is 1.47 bits per heavy atom. The Labute approximate surface area is 118 Å². The molecule has 0 aliphatic carbocycles. The van der Waals surface area contributed by atoms with Crippen LogP contribution in [0.25, 0.3) is 0 Å². The van der Waals surface area contributed by atoms with Gasteiger partial charge in [0.05, 0.1) is 0 Å². The van der Waals surface area contributed by atoms with Crippen molar-refractivity contribution in [3.63, 3.8) is 0 Å². The third kappa shape index (κ3) is 6.33. The summed E-state index contributed by atoms with van der Waals surface area (Å²) in [5, 5.41) is 9.64. The molecule has 0 bridgehead atoms. The first kappa shape index (κ1) is 15.6. The highest BCUT2D eigenvalue weighted by molar-refractivity contribution is 7.15. The summed E-state index contributed by atoms with van der Waals surface area (Å²) >= 11 is 1.54. The lowest BCUT2D eigenvalue weighted by Crippen LogP contribution is -2.09. The van der Waals surface area contributed by atoms with Crippen LogP contribution >= 0.6 is 11.3 Å². The van der Waals surface area contributed by atoms with Gasteiger partial charge in [-0.05, 0) is 26.2 Å². The molecule has 106 valence electrons. The maximum absolute atomic E-state index is 11.4. The molecule has 1 aromatic rings. The molecule has 1 N–H and O–H groups in total. The smallest absolute Gasteiger partial charge is 0.226 e. The summed E-state index contributed by atoms with van der Waals surface area (Å²) in [6, 6.07) is 0. The molecule has 6 heteroatoms. The largest absolute Gasteiger partial charge is 0.303 e. The van der Waals surface area contributed by atoms with E-state index in [0.29, 0.717) is 11.6 Å². The average Bonchev–Trinajstić information content (AvgIpc) is 2.73. The predicted octanol–water partition coefficient (Wildman–Crippen LogP) is 2.75. The lowest BCUT2D eigenvalue weighted by atomic mass is 10.2. The Hall–Kier alpha value is -1.43. The number of hydrogen-bond donors (Lipinski definition) is 1. The summed E-state index contributed by atoms with van der Waals surface area (Å²) < 4.78 is 0. The van der Waals surface area contributed by atoms with Gasteiger partial charge >= 0.3 is 0 Å². The van der Waals surface area contributed by atoms with Gasteiger partial charge in [0.25, 0.3) is 0 Å². The summed E-state index contributed by atoms with van der Waals surface area (Å²) in [6.45, 7) is 4.00. The van der Waals surface area contributed by atoms with E-state index in [9.17, 15) is 4.79 Å². The van der Waals surface area contributed by atoms with Crippen LogP contribution in [0, 0.1) is 0 Å². The lowest BCUT2D eigenvalue weighted by molar-refractivity contribution is -0.116. The zero-order valence-corrected chi connectivity index (χ0v) is 12.9. The zero-order chi connectivity index (χ0) is 14.3. The van der Waals surface area contributed by atoms with Gasteiger partial charge < -0.3 is 10.3 Å². The summed E-state index contributed by atoms with van der Waals surface area (Å²) in [7, 11) is 3.83. The topological polar surface area (TPSA) is 57.6 Å². The molecular formula is C13H22N4OS. The van der Waals surface area contributed by atoms with Crippen molar-refractivity contribution in [2.75, 3.05) is 19.4 Å². The van der Waals surface area contributed by atoms with Gasteiger partial charge in [-0.15, -0.1) is 11.3 Å². The number of carbonyl (C=O) groups excluding carboxylic acids is 1. The molecule has 0 saturated heterocycles. The lowest BCUT2D eigenvalue weighted by Gasteiger charge is -2.06. The van der Waals surface area contributed by atoms with E-state index < -0.39 is 0 Å². The minimum atomic E-state index is 0.0359. The van der Waals surface area contributed by atoms with Gasteiger partial charge in [0, 0.05) is 37.3 Å². The fourth-order valence-corrected chi connectivity index (χ4v) is 2.41. The fourth-order valence-electron chi connectivity index (χ4n) is 1.59. The van der Waals surface area contributed by atoms with E-state index in [1.54, 1.807) is 5.01 Å². The van der Waals surface area contributed by atoms with E-state index in [1.165, 1.54) is 16.2 Å². The van der Waals surface area contributed by atoms with Crippen LogP contribution in [0.3, 0.4) is 0 Å². The molecule has 0 aliphatic heterocycles. The predicted molar refractivity (Wildman–Crippen MR) is 80.8 cm³/mol. The van der Waals surface area contributed by atoms with Crippen molar-refractivity contribution in [2.24, 2.45) is 5.10 Å². The van der Waals surface area contributed by atoms with Crippen LogP contribution < -0.4 is 5.32 Å². The Bertz CT molecular complexity index is 440. The summed E-state index contributed by atoms with van der Waals surface area (Å²) in [5.74, 6) is 0.0359. The van der Waals surface area contributed by atoms with Crippen LogP contribution in [0.1, 0.15) is 38.0 Å². The monoisotopic (exact) mass is 282 g/mol. The van der Waals surface area contributed by atoms with E-state index in [0.717, 1.165) is 25.0 Å². The van der Waals surface area contributed by atoms with Crippen molar-refractivity contribution in [2.45, 2.75) is 39.5 Å². The first-order chi connectivity index (χ1) is 9.01. The summed E-state index contributed by atoms with van der Waals surface area (Å²) in [5.41, 5.74) is 1.09. The number of hydrazone groups is 1. The van der Waals surface area contributed by atoms with E-state index in [4.69, 9.17) is 0 Å². The van der Waals surface area contributed by atoms with Crippen LogP contribution in [0.5, 0.6) is 0 Å². The molecule has 0 aromatic carbocycles. The minimum Gasteiger partial charge on any atom is -0.303 e. The Morgan fingerprint density at radius 3 is 2.84 bits per heavy atom. The first-order valence-corrected chi connectivity index (χ1v) is 7.29. The maximum Gasteiger partial charge on any atom is 0.226 e. The molecule has 0 atom stereocenters. The number of thiazole rings is 1. The van der Waals surface area contributed by atoms with E-state index in [1.807, 2.05) is 34.1 Å². The normalized spacial score (nSPS) is 11.5. The standard InChI is InChI=1S/C13H22N4OS/c1-5-6-12(18)15-13-14-9-11(19-13)8-7-10(2)16-17(3)4/h9H,5-8H2,1-4H3,(H,14,15,18)/b16-10-. The Kier molecular flexibility index (Phi) is 6.49. The number of nitrogens with one attached hydrogen (secondary N) is 1. The van der Waals surface area contributed by atoms with Crippen molar-refractivity contribution in [1.29, 1.82) is 0 Å². The molecule has 1 heterocycles. The number of carbonyl (C=O) groups is 1. The molecule has 1 amide bonds. The summed E-state index contributed by atoms with van der Waals surface area (Å²) in [6.07, 6.45) is 5.04. The fraction of sp³-hybridized carbons (Fsp3) is 0.615. The SMILES string of the molecule is CCCC(=O)Nc1ncc(CC/C(C)=N\N(C)C)s1. The number of hydrogen-bond acceptors (Lipinski definition) is 5. The average molecular weight is 282 g/mol. The molecule has 0 radical (unpaired) electrons. The minimum absolute atomic E-state index is 0.0359. The second kappa shape index (κ2) is 7.89. The second-order valence-electron chi connectivity index (χ2n) is 4.61. The third-order valence-electron chi connectivity index (χ3n) is 2.38. The van der Waals surface area contributed by atoms with Crippen LogP contribution in [0.2, 0.25) is 0 Å². The van der Waals surface area contributed by atoms with Crippen LogP contribution in [0.4, 0.5) is 5.13 Å². The number of aromatic nitrogens is 1. The molecule has 1 aromatic heterocycles. The molecule has 0 spiro atoms. The Balaban J connectivity index is 2.45. The molecule has 0 fully saturated rings. The maximum atomic E-state index is 11.4. The van der Waals surface area contributed by atoms with Gasteiger partial charge in [0.2, 0.25) is 5.91 Å². The number of nitrogens with zero attached hydrogens (tertiary/aromatic N) is 3. The molecule has 5 nitrogen and oxygen atoms in total. The molecule has 1 rings (SSSR count). The zero-order valence-electron chi connectivity index (χ0n) is 12.1. The molecule has 0 saturated carbocycles. The second-order valence-corrected chi connectivity index (χ2v) is 5.73. The molecule has 0 unspecified atom stereocenters. The van der Waals surface area contributed by atoms with Gasteiger partial charge in [0.1, 0.15) is 0 Å². The molecule has 0 aliphatic rings. The van der Waals surface area contributed by atoms with Crippen molar-refractivity contribution in [1.82, 2.24) is 9.99 Å². The van der Waals surface area contributed by atoms with Crippen molar-refractivity contribution in [3.8, 4) is 0 Å². The highest BCUT2D eigenvalue weighted by Gasteiger charge is 2.06. The van der Waals surface area contributed by atoms with Crippen molar-refractivity contribution < 1.29 is 4.79 Å². The third-order valence-corrected chi connectivity index (χ3v) is 3.35. The van der Waals surface area contributed by atoms with Crippen molar-refractivity contribution >= 4 is 28.1 Å². The molecule has 19 heavy (non-hydrogen) atoms. The van der Waals surface area contributed by atoms with E-state index in [-0.39, 0.29) is 5.91 Å². The van der Waals surface area contributed by atoms with Gasteiger partial charge in [0.15, 0.2) is 5.13 Å². The Morgan fingerprint density at radius 2 is 2.21 bits per heavy atom. The van der Waals surface area contributed by atoms with Crippen LogP contribution in [-0.2, 0) is 11.2 Å². The van der Waals surface area contributed by atoms with E-state index >= 15 is 0 Å². The van der Waals surface area contributed by atoms with Crippen molar-refractivity contribution in [3.05, 3.63) is 11.1 Å². The highest BCUT2D eigenvalue weighted by atomic mass is 32.1. The molecular weight excluding hydrogens is 260 g/mol. The number of aryl methyl sites for hydroxylation is 1. The quantitative estimate of drug-likeness (QED) is 0.618. The highest BCUT2D eigenvalue weighted by Crippen LogP contribution is 2.19. The van der Waals surface area contributed by atoms with Gasteiger partial charge in [-0.1, -0.05) is 6.92 Å². The number of amides is 1.